The second-order valence-corrected chi connectivity index (χ2v) is 3.35. The first kappa shape index (κ1) is 9.64. The Labute approximate surface area is 88.2 Å². The molecule has 5 heteroatoms. The molecule has 0 aliphatic carbocycles. The zero-order valence-corrected chi connectivity index (χ0v) is 9.02. The van der Waals surface area contributed by atoms with E-state index >= 15 is 0 Å². The van der Waals surface area contributed by atoms with E-state index in [9.17, 15) is 0 Å². The number of aryl methyl sites for hydroxylation is 2. The summed E-state index contributed by atoms with van der Waals surface area (Å²) in [5, 5.41) is 7.22. The largest absolute Gasteiger partial charge is 0.357 e. The smallest absolute Gasteiger partial charge is 0.224 e. The van der Waals surface area contributed by atoms with Gasteiger partial charge in [-0.25, -0.2) is 9.67 Å². The van der Waals surface area contributed by atoms with Gasteiger partial charge in [-0.1, -0.05) is 0 Å². The van der Waals surface area contributed by atoms with Gasteiger partial charge in [0.1, 0.15) is 0 Å². The Morgan fingerprint density at radius 3 is 2.73 bits per heavy atom. The first-order chi connectivity index (χ1) is 7.20. The van der Waals surface area contributed by atoms with Gasteiger partial charge < -0.3 is 5.32 Å². The molecule has 0 aliphatic rings. The van der Waals surface area contributed by atoms with Crippen LogP contribution in [0.1, 0.15) is 11.3 Å². The van der Waals surface area contributed by atoms with Crippen LogP contribution in [0, 0.1) is 13.8 Å². The van der Waals surface area contributed by atoms with E-state index in [1.54, 1.807) is 17.9 Å². The Bertz CT molecular complexity index is 474. The molecule has 0 aromatic carbocycles. The maximum atomic E-state index is 4.35. The van der Waals surface area contributed by atoms with Crippen molar-refractivity contribution in [1.82, 2.24) is 19.7 Å². The molecule has 0 fully saturated rings. The van der Waals surface area contributed by atoms with Crippen LogP contribution >= 0.6 is 0 Å². The fourth-order valence-electron chi connectivity index (χ4n) is 1.32. The summed E-state index contributed by atoms with van der Waals surface area (Å²) in [6.07, 6.45) is 3.68. The summed E-state index contributed by atoms with van der Waals surface area (Å²) in [4.78, 5) is 8.48. The summed E-state index contributed by atoms with van der Waals surface area (Å²) in [5.41, 5.74) is 1.97. The molecule has 2 aromatic rings. The molecule has 2 heterocycles. The molecule has 0 saturated heterocycles. The quantitative estimate of drug-likeness (QED) is 0.799. The van der Waals surface area contributed by atoms with E-state index in [1.165, 1.54) is 0 Å². The summed E-state index contributed by atoms with van der Waals surface area (Å²) in [6.45, 7) is 3.91. The van der Waals surface area contributed by atoms with E-state index in [0.29, 0.717) is 5.95 Å². The van der Waals surface area contributed by atoms with Gasteiger partial charge >= 0.3 is 0 Å². The predicted molar refractivity (Wildman–Crippen MR) is 58.2 cm³/mol. The molecule has 0 atom stereocenters. The van der Waals surface area contributed by atoms with Crippen LogP contribution < -0.4 is 5.32 Å². The van der Waals surface area contributed by atoms with Gasteiger partial charge in [0.15, 0.2) is 5.82 Å². The topological polar surface area (TPSA) is 55.6 Å². The number of hydrogen-bond donors (Lipinski definition) is 1. The van der Waals surface area contributed by atoms with Crippen molar-refractivity contribution in [3.8, 4) is 5.82 Å². The third kappa shape index (κ3) is 1.81. The summed E-state index contributed by atoms with van der Waals surface area (Å²) in [6, 6.07) is 1.95. The maximum Gasteiger partial charge on any atom is 0.224 e. The average Bonchev–Trinajstić information content (AvgIpc) is 2.65. The SMILES string of the molecule is CNc1ncc(C)c(-n2ccc(C)n2)n1. The lowest BCUT2D eigenvalue weighted by Crippen LogP contribution is -2.05. The minimum Gasteiger partial charge on any atom is -0.357 e. The Morgan fingerprint density at radius 1 is 1.33 bits per heavy atom. The minimum absolute atomic E-state index is 0.601. The van der Waals surface area contributed by atoms with Gasteiger partial charge in [0, 0.05) is 25.0 Å². The number of hydrogen-bond acceptors (Lipinski definition) is 4. The molecular weight excluding hydrogens is 190 g/mol. The summed E-state index contributed by atoms with van der Waals surface area (Å²) in [7, 11) is 1.79. The lowest BCUT2D eigenvalue weighted by atomic mass is 10.3. The normalized spacial score (nSPS) is 10.3. The molecule has 1 N–H and O–H groups in total. The molecule has 0 saturated carbocycles. The van der Waals surface area contributed by atoms with Crippen LogP contribution in [0.25, 0.3) is 5.82 Å². The van der Waals surface area contributed by atoms with E-state index in [1.807, 2.05) is 26.1 Å². The summed E-state index contributed by atoms with van der Waals surface area (Å²) >= 11 is 0. The van der Waals surface area contributed by atoms with Gasteiger partial charge in [-0.15, -0.1) is 0 Å². The monoisotopic (exact) mass is 203 g/mol. The van der Waals surface area contributed by atoms with Crippen LogP contribution in [-0.2, 0) is 0 Å². The molecule has 15 heavy (non-hydrogen) atoms. The summed E-state index contributed by atoms with van der Waals surface area (Å²) < 4.78 is 1.76. The van der Waals surface area contributed by atoms with Crippen molar-refractivity contribution >= 4 is 5.95 Å². The van der Waals surface area contributed by atoms with E-state index in [-0.39, 0.29) is 0 Å². The first-order valence-corrected chi connectivity index (χ1v) is 4.75. The van der Waals surface area contributed by atoms with Gasteiger partial charge in [0.25, 0.3) is 0 Å². The highest BCUT2D eigenvalue weighted by Crippen LogP contribution is 2.11. The lowest BCUT2D eigenvalue weighted by molar-refractivity contribution is 0.818. The predicted octanol–water partition coefficient (Wildman–Crippen LogP) is 1.32. The standard InChI is InChI=1S/C10H13N5/c1-7-6-12-10(11-3)13-9(7)15-5-4-8(2)14-15/h4-6H,1-3H3,(H,11,12,13). The summed E-state index contributed by atoms with van der Waals surface area (Å²) in [5.74, 6) is 1.41. The molecular formula is C10H13N5. The van der Waals surface area contributed by atoms with Crippen molar-refractivity contribution in [3.05, 3.63) is 29.7 Å². The van der Waals surface area contributed by atoms with E-state index in [0.717, 1.165) is 17.1 Å². The zero-order chi connectivity index (χ0) is 10.8. The van der Waals surface area contributed by atoms with Crippen molar-refractivity contribution in [2.45, 2.75) is 13.8 Å². The molecule has 0 radical (unpaired) electrons. The molecule has 0 spiro atoms. The van der Waals surface area contributed by atoms with E-state index < -0.39 is 0 Å². The second kappa shape index (κ2) is 3.68. The Kier molecular flexibility index (Phi) is 2.37. The molecule has 2 aromatic heterocycles. The molecule has 0 aliphatic heterocycles. The average molecular weight is 203 g/mol. The lowest BCUT2D eigenvalue weighted by Gasteiger charge is -2.06. The van der Waals surface area contributed by atoms with Crippen LogP contribution in [0.5, 0.6) is 0 Å². The maximum absolute atomic E-state index is 4.35. The van der Waals surface area contributed by atoms with Crippen molar-refractivity contribution in [2.24, 2.45) is 0 Å². The van der Waals surface area contributed by atoms with Crippen molar-refractivity contribution in [1.29, 1.82) is 0 Å². The Balaban J connectivity index is 2.51. The minimum atomic E-state index is 0.601. The number of nitrogens with zero attached hydrogens (tertiary/aromatic N) is 4. The zero-order valence-electron chi connectivity index (χ0n) is 9.02. The van der Waals surface area contributed by atoms with Gasteiger partial charge in [0.05, 0.1) is 5.69 Å². The van der Waals surface area contributed by atoms with Gasteiger partial charge in [0.2, 0.25) is 5.95 Å². The third-order valence-electron chi connectivity index (χ3n) is 2.11. The second-order valence-electron chi connectivity index (χ2n) is 3.35. The van der Waals surface area contributed by atoms with Gasteiger partial charge in [-0.05, 0) is 19.9 Å². The Hall–Kier alpha value is -1.91. The molecule has 0 bridgehead atoms. The Morgan fingerprint density at radius 2 is 2.13 bits per heavy atom. The molecule has 2 rings (SSSR count). The first-order valence-electron chi connectivity index (χ1n) is 4.75. The van der Waals surface area contributed by atoms with Crippen LogP contribution in [0.15, 0.2) is 18.5 Å². The van der Waals surface area contributed by atoms with Gasteiger partial charge in [-0.3, -0.25) is 0 Å². The highest BCUT2D eigenvalue weighted by atomic mass is 15.3. The molecule has 0 unspecified atom stereocenters. The van der Waals surface area contributed by atoms with Crippen molar-refractivity contribution < 1.29 is 0 Å². The fourth-order valence-corrected chi connectivity index (χ4v) is 1.32. The van der Waals surface area contributed by atoms with Crippen LogP contribution in [0.2, 0.25) is 0 Å². The third-order valence-corrected chi connectivity index (χ3v) is 2.11. The molecule has 78 valence electrons. The number of anilines is 1. The molecule has 0 amide bonds. The van der Waals surface area contributed by atoms with Crippen LogP contribution in [0.4, 0.5) is 5.95 Å². The molecule has 5 nitrogen and oxygen atoms in total. The van der Waals surface area contributed by atoms with Gasteiger partial charge in [-0.2, -0.15) is 10.1 Å². The van der Waals surface area contributed by atoms with Crippen LogP contribution in [-0.4, -0.2) is 26.8 Å². The number of aromatic nitrogens is 4. The highest BCUT2D eigenvalue weighted by molar-refractivity contribution is 5.37. The van der Waals surface area contributed by atoms with Crippen LogP contribution in [0.3, 0.4) is 0 Å². The van der Waals surface area contributed by atoms with E-state index in [4.69, 9.17) is 0 Å². The number of nitrogens with one attached hydrogen (secondary N) is 1. The van der Waals surface area contributed by atoms with Crippen molar-refractivity contribution in [2.75, 3.05) is 12.4 Å². The van der Waals surface area contributed by atoms with Crippen molar-refractivity contribution in [3.63, 3.8) is 0 Å². The fraction of sp³-hybridized carbons (Fsp3) is 0.300. The van der Waals surface area contributed by atoms with E-state index in [2.05, 4.69) is 20.4 Å². The number of rotatable bonds is 2. The highest BCUT2D eigenvalue weighted by Gasteiger charge is 2.05.